The summed E-state index contributed by atoms with van der Waals surface area (Å²) < 4.78 is 46.4. The van der Waals surface area contributed by atoms with E-state index in [0.717, 1.165) is 17.3 Å². The molecule has 7 heteroatoms. The van der Waals surface area contributed by atoms with Crippen LogP contribution in [0.2, 0.25) is 0 Å². The number of halogens is 3. The quantitative estimate of drug-likeness (QED) is 0.510. The molecule has 0 amide bonds. The molecule has 1 aromatic heterocycles. The molecule has 3 rings (SSSR count). The zero-order chi connectivity index (χ0) is 21.0. The molecule has 152 valence electrons. The first-order valence-corrected chi connectivity index (χ1v) is 9.21. The van der Waals surface area contributed by atoms with Crippen LogP contribution in [0.1, 0.15) is 36.5 Å². The van der Waals surface area contributed by atoms with Gasteiger partial charge >= 0.3 is 12.2 Å². The highest BCUT2D eigenvalue weighted by atomic mass is 19.4. The van der Waals surface area contributed by atoms with Gasteiger partial charge in [-0.3, -0.25) is 0 Å². The minimum atomic E-state index is -4.59. The van der Waals surface area contributed by atoms with E-state index in [9.17, 15) is 13.2 Å². The first kappa shape index (κ1) is 20.6. The molecule has 0 bridgehead atoms. The second kappa shape index (κ2) is 8.51. The van der Waals surface area contributed by atoms with Crippen molar-refractivity contribution in [1.82, 2.24) is 9.97 Å². The first-order valence-electron chi connectivity index (χ1n) is 9.21. The van der Waals surface area contributed by atoms with Crippen molar-refractivity contribution in [3.05, 3.63) is 77.5 Å². The highest BCUT2D eigenvalue weighted by Gasteiger charge is 2.37. The predicted octanol–water partition coefficient (Wildman–Crippen LogP) is 5.97. The maximum absolute atomic E-state index is 13.6. The number of rotatable bonds is 6. The summed E-state index contributed by atoms with van der Waals surface area (Å²) in [6, 6.07) is 16.5. The molecule has 0 N–H and O–H groups in total. The van der Waals surface area contributed by atoms with E-state index in [1.54, 1.807) is 19.2 Å². The topological polar surface area (TPSA) is 38.2 Å². The van der Waals surface area contributed by atoms with Crippen LogP contribution < -0.4 is 9.64 Å². The number of hydrogen-bond acceptors (Lipinski definition) is 4. The number of benzene rings is 2. The van der Waals surface area contributed by atoms with Crippen LogP contribution in [0.15, 0.2) is 60.8 Å². The minimum absolute atomic E-state index is 0.106. The first-order chi connectivity index (χ1) is 13.8. The molecule has 3 aromatic rings. The molecule has 2 aromatic carbocycles. The maximum atomic E-state index is 13.6. The van der Waals surface area contributed by atoms with Gasteiger partial charge in [-0.05, 0) is 23.1 Å². The van der Waals surface area contributed by atoms with Crippen LogP contribution in [0.4, 0.5) is 24.7 Å². The van der Waals surface area contributed by atoms with E-state index in [1.807, 2.05) is 56.3 Å². The second-order valence-electron chi connectivity index (χ2n) is 6.93. The summed E-state index contributed by atoms with van der Waals surface area (Å²) in [5.41, 5.74) is 1.54. The van der Waals surface area contributed by atoms with Gasteiger partial charge in [-0.25, -0.2) is 4.98 Å². The Kier molecular flexibility index (Phi) is 6.06. The number of hydrogen-bond donors (Lipinski definition) is 0. The fourth-order valence-electron chi connectivity index (χ4n) is 3.00. The van der Waals surface area contributed by atoms with Crippen LogP contribution >= 0.6 is 0 Å². The van der Waals surface area contributed by atoms with Crippen LogP contribution in [-0.4, -0.2) is 17.0 Å². The molecular formula is C22H22F3N3O. The zero-order valence-corrected chi connectivity index (χ0v) is 16.4. The van der Waals surface area contributed by atoms with Gasteiger partial charge in [0, 0.05) is 18.9 Å². The van der Waals surface area contributed by atoms with E-state index in [-0.39, 0.29) is 24.4 Å². The highest BCUT2D eigenvalue weighted by Crippen LogP contribution is 2.39. The van der Waals surface area contributed by atoms with Crippen molar-refractivity contribution < 1.29 is 17.9 Å². The molecular weight excluding hydrogens is 379 g/mol. The van der Waals surface area contributed by atoms with Crippen molar-refractivity contribution in [2.24, 2.45) is 0 Å². The summed E-state index contributed by atoms with van der Waals surface area (Å²) in [5, 5.41) is 0. The lowest BCUT2D eigenvalue weighted by molar-refractivity contribution is -0.137. The monoisotopic (exact) mass is 401 g/mol. The molecule has 1 heterocycles. The Morgan fingerprint density at radius 2 is 1.66 bits per heavy atom. The van der Waals surface area contributed by atoms with Crippen molar-refractivity contribution in [3.63, 3.8) is 0 Å². The third-order valence-corrected chi connectivity index (χ3v) is 4.50. The normalized spacial score (nSPS) is 11.6. The van der Waals surface area contributed by atoms with Crippen LogP contribution in [0.5, 0.6) is 6.01 Å². The number of anilines is 2. The van der Waals surface area contributed by atoms with Crippen molar-refractivity contribution in [1.29, 1.82) is 0 Å². The molecule has 0 saturated carbocycles. The summed E-state index contributed by atoms with van der Waals surface area (Å²) in [7, 11) is 1.57. The minimum Gasteiger partial charge on any atom is -0.459 e. The molecule has 0 aliphatic rings. The summed E-state index contributed by atoms with van der Waals surface area (Å²) in [4.78, 5) is 9.32. The Labute approximate surface area is 168 Å². The Bertz CT molecular complexity index is 959. The average Bonchev–Trinajstić information content (AvgIpc) is 2.71. The molecule has 0 aliphatic carbocycles. The molecule has 0 fully saturated rings. The van der Waals surface area contributed by atoms with E-state index in [0.29, 0.717) is 5.69 Å². The second-order valence-corrected chi connectivity index (χ2v) is 6.93. The summed E-state index contributed by atoms with van der Waals surface area (Å²) in [6.07, 6.45) is -3.81. The molecule has 0 aliphatic heterocycles. The molecule has 0 unspecified atom stereocenters. The van der Waals surface area contributed by atoms with Gasteiger partial charge in [0.25, 0.3) is 0 Å². The van der Waals surface area contributed by atoms with E-state index in [1.165, 1.54) is 4.90 Å². The number of alkyl halides is 3. The predicted molar refractivity (Wildman–Crippen MR) is 106 cm³/mol. The van der Waals surface area contributed by atoms with E-state index in [4.69, 9.17) is 4.74 Å². The number of aromatic nitrogens is 2. The molecule has 0 atom stereocenters. The van der Waals surface area contributed by atoms with Gasteiger partial charge < -0.3 is 9.64 Å². The van der Waals surface area contributed by atoms with Gasteiger partial charge in [-0.2, -0.15) is 18.2 Å². The van der Waals surface area contributed by atoms with Crippen LogP contribution in [0.3, 0.4) is 0 Å². The Morgan fingerprint density at radius 1 is 1.00 bits per heavy atom. The number of para-hydroxylation sites is 1. The number of nitrogens with zero attached hydrogens (tertiary/aromatic N) is 3. The lowest BCUT2D eigenvalue weighted by atomic mass is 10.0. The average molecular weight is 401 g/mol. The van der Waals surface area contributed by atoms with Gasteiger partial charge in [-0.1, -0.05) is 62.4 Å². The smallest absolute Gasteiger partial charge is 0.421 e. The summed E-state index contributed by atoms with van der Waals surface area (Å²) in [6.45, 7) is 4.15. The number of ether oxygens (including phenoxy) is 1. The van der Waals surface area contributed by atoms with Crippen molar-refractivity contribution in [3.8, 4) is 6.01 Å². The Hall–Kier alpha value is -3.09. The van der Waals surface area contributed by atoms with Gasteiger partial charge in [0.05, 0.1) is 0 Å². The molecule has 4 nitrogen and oxygen atoms in total. The maximum Gasteiger partial charge on any atom is 0.421 e. The van der Waals surface area contributed by atoms with Gasteiger partial charge in [0.1, 0.15) is 12.2 Å². The van der Waals surface area contributed by atoms with Crippen molar-refractivity contribution in [2.75, 3.05) is 11.9 Å². The molecule has 29 heavy (non-hydrogen) atoms. The zero-order valence-electron chi connectivity index (χ0n) is 16.4. The highest BCUT2D eigenvalue weighted by molar-refractivity contribution is 5.66. The summed E-state index contributed by atoms with van der Waals surface area (Å²) in [5.74, 6) is -0.109. The van der Waals surface area contributed by atoms with Crippen molar-refractivity contribution in [2.45, 2.75) is 32.5 Å². The molecule has 0 saturated heterocycles. The Balaban J connectivity index is 1.98. The lowest BCUT2D eigenvalue weighted by Gasteiger charge is -2.25. The Morgan fingerprint density at radius 3 is 2.31 bits per heavy atom. The molecule has 0 radical (unpaired) electrons. The van der Waals surface area contributed by atoms with E-state index in [2.05, 4.69) is 9.97 Å². The van der Waals surface area contributed by atoms with Crippen molar-refractivity contribution >= 4 is 11.5 Å². The fraction of sp³-hybridized carbons (Fsp3) is 0.273. The van der Waals surface area contributed by atoms with Crippen LogP contribution in [0, 0.1) is 0 Å². The lowest BCUT2D eigenvalue weighted by Crippen LogP contribution is -2.20. The summed E-state index contributed by atoms with van der Waals surface area (Å²) >= 11 is 0. The largest absolute Gasteiger partial charge is 0.459 e. The van der Waals surface area contributed by atoms with Gasteiger partial charge in [0.2, 0.25) is 0 Å². The van der Waals surface area contributed by atoms with E-state index >= 15 is 0 Å². The van der Waals surface area contributed by atoms with Crippen LogP contribution in [-0.2, 0) is 12.8 Å². The van der Waals surface area contributed by atoms with Crippen LogP contribution in [0.25, 0.3) is 0 Å². The molecule has 0 spiro atoms. The third kappa shape index (κ3) is 4.85. The van der Waals surface area contributed by atoms with Gasteiger partial charge in [-0.15, -0.1) is 0 Å². The van der Waals surface area contributed by atoms with Gasteiger partial charge in [0.15, 0.2) is 5.82 Å². The van der Waals surface area contributed by atoms with E-state index < -0.39 is 11.7 Å². The SMILES string of the molecule is CC(C)c1ccccc1N(C)c1nc(OCc2ccccc2)ncc1C(F)(F)F. The fourth-order valence-corrected chi connectivity index (χ4v) is 3.00. The third-order valence-electron chi connectivity index (χ3n) is 4.50. The standard InChI is InChI=1S/C22H22F3N3O/c1-15(2)17-11-7-8-12-19(17)28(3)20-18(22(23,24)25)13-26-21(27-20)29-14-16-9-5-4-6-10-16/h4-13,15H,14H2,1-3H3.